The summed E-state index contributed by atoms with van der Waals surface area (Å²) in [6, 6.07) is 7.34. The topological polar surface area (TPSA) is 81.9 Å². The molecule has 0 amide bonds. The fourth-order valence-electron chi connectivity index (χ4n) is 3.32. The lowest BCUT2D eigenvalue weighted by atomic mass is 10.1. The lowest BCUT2D eigenvalue weighted by molar-refractivity contribution is -0.137. The molecule has 0 aliphatic rings. The predicted octanol–water partition coefficient (Wildman–Crippen LogP) is 5.05. The van der Waals surface area contributed by atoms with E-state index < -0.39 is 33.0 Å². The molecule has 0 unspecified atom stereocenters. The number of nitrogens with zero attached hydrogens (tertiary/aromatic N) is 3. The highest BCUT2D eigenvalue weighted by Crippen LogP contribution is 2.32. The summed E-state index contributed by atoms with van der Waals surface area (Å²) >= 11 is 6.09. The first-order chi connectivity index (χ1) is 15.9. The molecular formula is C22H14ClF4N3O3S. The zero-order valence-electron chi connectivity index (χ0n) is 17.3. The number of fused-ring (bicyclic) bond motifs is 1. The second kappa shape index (κ2) is 8.48. The molecule has 4 rings (SSSR count). The van der Waals surface area contributed by atoms with Gasteiger partial charge >= 0.3 is 6.18 Å². The molecular weight excluding hydrogens is 498 g/mol. The molecule has 0 saturated heterocycles. The Kier molecular flexibility index (Phi) is 5.94. The lowest BCUT2D eigenvalue weighted by Gasteiger charge is -2.13. The average molecular weight is 512 g/mol. The second-order valence-corrected chi connectivity index (χ2v) is 9.89. The van der Waals surface area contributed by atoms with E-state index in [1.54, 1.807) is 0 Å². The number of pyridine rings is 1. The summed E-state index contributed by atoms with van der Waals surface area (Å²) in [5, 5.41) is 3.77. The maximum absolute atomic E-state index is 13.4. The van der Waals surface area contributed by atoms with Crippen molar-refractivity contribution in [3.63, 3.8) is 0 Å². The number of halogens is 5. The van der Waals surface area contributed by atoms with Crippen molar-refractivity contribution in [3.05, 3.63) is 81.6 Å². The van der Waals surface area contributed by atoms with E-state index in [1.807, 2.05) is 0 Å². The van der Waals surface area contributed by atoms with Crippen molar-refractivity contribution in [1.29, 1.82) is 0 Å². The van der Waals surface area contributed by atoms with Crippen LogP contribution in [0.5, 0.6) is 0 Å². The zero-order chi connectivity index (χ0) is 24.8. The molecule has 176 valence electrons. The van der Waals surface area contributed by atoms with E-state index in [2.05, 4.69) is 10.1 Å². The van der Waals surface area contributed by atoms with Gasteiger partial charge in [0.2, 0.25) is 0 Å². The van der Waals surface area contributed by atoms with Crippen LogP contribution in [0.25, 0.3) is 27.7 Å². The molecule has 0 spiro atoms. The smallest absolute Gasteiger partial charge is 0.267 e. The van der Waals surface area contributed by atoms with Gasteiger partial charge in [0.25, 0.3) is 5.56 Å². The van der Waals surface area contributed by atoms with Crippen molar-refractivity contribution in [3.8, 4) is 16.9 Å². The molecule has 0 aliphatic heterocycles. The van der Waals surface area contributed by atoms with Gasteiger partial charge in [-0.15, -0.1) is 0 Å². The minimum Gasteiger partial charge on any atom is -0.267 e. The van der Waals surface area contributed by atoms with Crippen molar-refractivity contribution in [1.82, 2.24) is 14.8 Å². The lowest BCUT2D eigenvalue weighted by Crippen LogP contribution is -2.25. The van der Waals surface area contributed by atoms with Crippen LogP contribution >= 0.6 is 11.6 Å². The Morgan fingerprint density at radius 3 is 2.44 bits per heavy atom. The summed E-state index contributed by atoms with van der Waals surface area (Å²) in [6.45, 7) is 1.38. The van der Waals surface area contributed by atoms with Gasteiger partial charge in [-0.25, -0.2) is 17.8 Å². The van der Waals surface area contributed by atoms with Crippen molar-refractivity contribution in [2.24, 2.45) is 0 Å². The number of benzene rings is 2. The van der Waals surface area contributed by atoms with Crippen molar-refractivity contribution in [2.75, 3.05) is 5.75 Å². The summed E-state index contributed by atoms with van der Waals surface area (Å²) in [5.74, 6) is -1.33. The first kappa shape index (κ1) is 23.8. The van der Waals surface area contributed by atoms with Crippen LogP contribution in [-0.4, -0.2) is 28.9 Å². The van der Waals surface area contributed by atoms with Crippen LogP contribution in [-0.2, 0) is 16.0 Å². The Bertz CT molecular complexity index is 1600. The number of aromatic nitrogens is 3. The molecule has 2 heterocycles. The fraction of sp³-hybridized carbons (Fsp3) is 0.136. The maximum atomic E-state index is 13.4. The van der Waals surface area contributed by atoms with Crippen molar-refractivity contribution in [2.45, 2.75) is 18.0 Å². The van der Waals surface area contributed by atoms with E-state index in [0.717, 1.165) is 30.5 Å². The molecule has 0 atom stereocenters. The molecule has 0 saturated carbocycles. The zero-order valence-corrected chi connectivity index (χ0v) is 18.8. The first-order valence-electron chi connectivity index (χ1n) is 9.70. The highest BCUT2D eigenvalue weighted by molar-refractivity contribution is 7.91. The Hall–Kier alpha value is -3.31. The number of hydrogen-bond acceptors (Lipinski definition) is 5. The summed E-state index contributed by atoms with van der Waals surface area (Å²) < 4.78 is 79.2. The van der Waals surface area contributed by atoms with E-state index in [0.29, 0.717) is 16.3 Å². The summed E-state index contributed by atoms with van der Waals surface area (Å²) in [7, 11) is -3.99. The summed E-state index contributed by atoms with van der Waals surface area (Å²) in [5.41, 5.74) is -1.49. The third-order valence-electron chi connectivity index (χ3n) is 5.11. The summed E-state index contributed by atoms with van der Waals surface area (Å²) in [6.07, 6.45) is -2.32. The third kappa shape index (κ3) is 4.28. The molecule has 0 bridgehead atoms. The highest BCUT2D eigenvalue weighted by Gasteiger charge is 2.31. The van der Waals surface area contributed by atoms with Gasteiger partial charge in [0, 0.05) is 22.7 Å². The summed E-state index contributed by atoms with van der Waals surface area (Å²) in [4.78, 5) is 16.8. The first-order valence-corrected chi connectivity index (χ1v) is 11.7. The molecule has 4 aromatic rings. The van der Waals surface area contributed by atoms with Crippen LogP contribution in [0.4, 0.5) is 17.6 Å². The average Bonchev–Trinajstić information content (AvgIpc) is 2.78. The fourth-order valence-corrected chi connectivity index (χ4v) is 4.63. The van der Waals surface area contributed by atoms with Crippen LogP contribution in [0.1, 0.15) is 12.5 Å². The van der Waals surface area contributed by atoms with E-state index in [-0.39, 0.29) is 37.8 Å². The maximum Gasteiger partial charge on any atom is 0.416 e. The van der Waals surface area contributed by atoms with Gasteiger partial charge in [0.1, 0.15) is 10.7 Å². The van der Waals surface area contributed by atoms with E-state index in [1.165, 1.54) is 25.3 Å². The third-order valence-corrected chi connectivity index (χ3v) is 7.15. The van der Waals surface area contributed by atoms with Gasteiger partial charge in [-0.1, -0.05) is 24.6 Å². The van der Waals surface area contributed by atoms with Gasteiger partial charge in [-0.2, -0.15) is 23.0 Å². The molecule has 2 aromatic carbocycles. The Morgan fingerprint density at radius 1 is 1.06 bits per heavy atom. The van der Waals surface area contributed by atoms with Gasteiger partial charge in [-0.05, 0) is 36.4 Å². The van der Waals surface area contributed by atoms with Crippen molar-refractivity contribution >= 4 is 32.2 Å². The van der Waals surface area contributed by atoms with Crippen LogP contribution in [0.15, 0.2) is 64.5 Å². The van der Waals surface area contributed by atoms with E-state index in [4.69, 9.17) is 11.6 Å². The Balaban J connectivity index is 1.98. The van der Waals surface area contributed by atoms with Crippen LogP contribution in [0.2, 0.25) is 5.02 Å². The van der Waals surface area contributed by atoms with Gasteiger partial charge < -0.3 is 0 Å². The van der Waals surface area contributed by atoms with E-state index in [9.17, 15) is 30.8 Å². The van der Waals surface area contributed by atoms with Crippen molar-refractivity contribution < 1.29 is 26.0 Å². The SMILES string of the molecule is CCS(=O)(=O)c1cc(-c2ccc(F)cc2Cl)cnc1-n1ncc2ccc(C(F)(F)F)cc2c1=O. The highest BCUT2D eigenvalue weighted by atomic mass is 35.5. The van der Waals surface area contributed by atoms with E-state index >= 15 is 0 Å². The van der Waals surface area contributed by atoms with Gasteiger partial charge in [0.15, 0.2) is 15.7 Å². The number of rotatable bonds is 4. The standard InChI is InChI=1S/C22H14ClF4N3O3S/c1-2-34(32,33)19-7-13(16-6-5-15(24)9-18(16)23)10-28-20(19)30-21(31)17-8-14(22(25,26)27)4-3-12(17)11-29-30/h3-11H,2H2,1H3. The quantitative estimate of drug-likeness (QED) is 0.358. The Morgan fingerprint density at radius 2 is 1.79 bits per heavy atom. The monoisotopic (exact) mass is 511 g/mol. The number of alkyl halides is 3. The normalized spacial score (nSPS) is 12.3. The molecule has 6 nitrogen and oxygen atoms in total. The molecule has 0 N–H and O–H groups in total. The number of sulfone groups is 1. The second-order valence-electron chi connectivity index (χ2n) is 7.23. The molecule has 2 aromatic heterocycles. The molecule has 0 radical (unpaired) electrons. The van der Waals surface area contributed by atoms with Gasteiger partial charge in [-0.3, -0.25) is 4.79 Å². The minimum atomic E-state index is -4.68. The van der Waals surface area contributed by atoms with Crippen LogP contribution in [0, 0.1) is 5.82 Å². The van der Waals surface area contributed by atoms with Gasteiger partial charge in [0.05, 0.1) is 27.9 Å². The molecule has 34 heavy (non-hydrogen) atoms. The molecule has 0 aliphatic carbocycles. The molecule has 0 fully saturated rings. The largest absolute Gasteiger partial charge is 0.416 e. The van der Waals surface area contributed by atoms with Crippen LogP contribution < -0.4 is 5.56 Å². The predicted molar refractivity (Wildman–Crippen MR) is 118 cm³/mol. The minimum absolute atomic E-state index is 0.00933. The molecule has 12 heteroatoms. The number of hydrogen-bond donors (Lipinski definition) is 0. The Labute approximate surface area is 195 Å². The van der Waals surface area contributed by atoms with Crippen LogP contribution in [0.3, 0.4) is 0 Å².